The van der Waals surface area contributed by atoms with Crippen LogP contribution >= 0.6 is 0 Å². The van der Waals surface area contributed by atoms with Gasteiger partial charge in [0.05, 0.1) is 16.1 Å². The van der Waals surface area contributed by atoms with Gasteiger partial charge in [0, 0.05) is 18.2 Å². The maximum atomic E-state index is 11.9. The number of nitrogen functional groups attached to an aromatic ring is 1. The van der Waals surface area contributed by atoms with Crippen LogP contribution in [0.3, 0.4) is 0 Å². The molecule has 0 atom stereocenters. The fourth-order valence-electron chi connectivity index (χ4n) is 1.80. The number of nitrogens with zero attached hydrogens (tertiary/aromatic N) is 4. The van der Waals surface area contributed by atoms with Crippen LogP contribution in [0, 0.1) is 10.1 Å². The summed E-state index contributed by atoms with van der Waals surface area (Å²) in [7, 11) is 0. The van der Waals surface area contributed by atoms with E-state index in [0.29, 0.717) is 16.7 Å². The lowest BCUT2D eigenvalue weighted by atomic mass is 10.3. The molecule has 3 N–H and O–H groups in total. The normalized spacial score (nSPS) is 10.8. The molecule has 0 fully saturated rings. The number of aromatic amines is 1. The molecule has 0 saturated heterocycles. The SMILES string of the molecule is Nc1n[nH]c2cc(=O)n(-c3ccc([N+](=O)[O-])cc3)nc12. The number of anilines is 1. The number of benzene rings is 1. The molecule has 20 heavy (non-hydrogen) atoms. The van der Waals surface area contributed by atoms with Crippen molar-refractivity contribution in [3.8, 4) is 5.69 Å². The highest BCUT2D eigenvalue weighted by Gasteiger charge is 2.10. The van der Waals surface area contributed by atoms with Gasteiger partial charge >= 0.3 is 0 Å². The summed E-state index contributed by atoms with van der Waals surface area (Å²) in [5.41, 5.74) is 6.38. The molecular weight excluding hydrogens is 264 g/mol. The Balaban J connectivity index is 2.18. The number of rotatable bonds is 2. The van der Waals surface area contributed by atoms with Crippen molar-refractivity contribution in [1.29, 1.82) is 0 Å². The van der Waals surface area contributed by atoms with Crippen LogP contribution in [0.1, 0.15) is 0 Å². The molecule has 0 aliphatic carbocycles. The number of nitrogens with one attached hydrogen (secondary N) is 1. The lowest BCUT2D eigenvalue weighted by Gasteiger charge is -2.03. The molecule has 100 valence electrons. The Labute approximate surface area is 110 Å². The van der Waals surface area contributed by atoms with Crippen LogP contribution in [0.25, 0.3) is 16.7 Å². The van der Waals surface area contributed by atoms with E-state index in [1.165, 1.54) is 30.3 Å². The minimum atomic E-state index is -0.517. The summed E-state index contributed by atoms with van der Waals surface area (Å²) in [5, 5.41) is 21.0. The summed E-state index contributed by atoms with van der Waals surface area (Å²) >= 11 is 0. The van der Waals surface area contributed by atoms with Crippen LogP contribution in [0.2, 0.25) is 0 Å². The van der Waals surface area contributed by atoms with E-state index in [-0.39, 0.29) is 11.5 Å². The van der Waals surface area contributed by atoms with Crippen LogP contribution in [0.5, 0.6) is 0 Å². The van der Waals surface area contributed by atoms with E-state index in [2.05, 4.69) is 15.3 Å². The number of non-ortho nitro benzene ring substituents is 1. The van der Waals surface area contributed by atoms with E-state index >= 15 is 0 Å². The van der Waals surface area contributed by atoms with Crippen LogP contribution < -0.4 is 11.3 Å². The zero-order valence-corrected chi connectivity index (χ0v) is 9.98. The maximum Gasteiger partial charge on any atom is 0.273 e. The molecule has 0 bridgehead atoms. The molecule has 3 aromatic rings. The van der Waals surface area contributed by atoms with Gasteiger partial charge in [-0.15, -0.1) is 0 Å². The quantitative estimate of drug-likeness (QED) is 0.518. The van der Waals surface area contributed by atoms with Crippen LogP contribution in [-0.4, -0.2) is 24.9 Å². The second-order valence-electron chi connectivity index (χ2n) is 4.04. The smallest absolute Gasteiger partial charge is 0.273 e. The Kier molecular flexibility index (Phi) is 2.46. The minimum Gasteiger partial charge on any atom is -0.380 e. The van der Waals surface area contributed by atoms with Gasteiger partial charge in [-0.3, -0.25) is 20.0 Å². The predicted octanol–water partition coefficient (Wildman–Crippen LogP) is 0.599. The van der Waals surface area contributed by atoms with Gasteiger partial charge in [-0.05, 0) is 12.1 Å². The summed E-state index contributed by atoms with van der Waals surface area (Å²) in [6.45, 7) is 0. The van der Waals surface area contributed by atoms with Crippen molar-refractivity contribution >= 4 is 22.5 Å². The Morgan fingerprint density at radius 3 is 2.65 bits per heavy atom. The van der Waals surface area contributed by atoms with Gasteiger partial charge in [0.1, 0.15) is 0 Å². The molecule has 1 aromatic carbocycles. The second kappa shape index (κ2) is 4.16. The van der Waals surface area contributed by atoms with Gasteiger partial charge in [-0.2, -0.15) is 14.9 Å². The first-order valence-corrected chi connectivity index (χ1v) is 5.55. The van der Waals surface area contributed by atoms with Gasteiger partial charge < -0.3 is 5.73 Å². The lowest BCUT2D eigenvalue weighted by Crippen LogP contribution is -2.20. The molecule has 0 unspecified atom stereocenters. The highest BCUT2D eigenvalue weighted by Crippen LogP contribution is 2.16. The molecule has 0 aliphatic rings. The Morgan fingerprint density at radius 2 is 2.00 bits per heavy atom. The van der Waals surface area contributed by atoms with E-state index in [4.69, 9.17) is 5.73 Å². The van der Waals surface area contributed by atoms with Crippen LogP contribution in [-0.2, 0) is 0 Å². The number of H-pyrrole nitrogens is 1. The van der Waals surface area contributed by atoms with E-state index in [1.807, 2.05) is 0 Å². The zero-order valence-electron chi connectivity index (χ0n) is 9.98. The number of aromatic nitrogens is 4. The standard InChI is InChI=1S/C11H8N6O3/c12-11-10-8(13-14-11)5-9(18)16(15-10)6-1-3-7(4-2-6)17(19)20/h1-5,13H,(H2,12,14). The van der Waals surface area contributed by atoms with Gasteiger partial charge in [-0.25, -0.2) is 0 Å². The van der Waals surface area contributed by atoms with Crippen molar-refractivity contribution in [2.24, 2.45) is 0 Å². The summed E-state index contributed by atoms with van der Waals surface area (Å²) in [4.78, 5) is 22.0. The number of hydrogen-bond donors (Lipinski definition) is 2. The highest BCUT2D eigenvalue weighted by molar-refractivity contribution is 5.83. The Bertz CT molecular complexity index is 864. The van der Waals surface area contributed by atoms with Gasteiger partial charge in [0.25, 0.3) is 11.2 Å². The Morgan fingerprint density at radius 1 is 1.30 bits per heavy atom. The molecule has 0 radical (unpaired) electrons. The van der Waals surface area contributed by atoms with Crippen molar-refractivity contribution in [3.63, 3.8) is 0 Å². The third-order valence-corrected chi connectivity index (χ3v) is 2.78. The number of nitro benzene ring substituents is 1. The van der Waals surface area contributed by atoms with Crippen molar-refractivity contribution in [2.75, 3.05) is 5.73 Å². The number of fused-ring (bicyclic) bond motifs is 1. The van der Waals surface area contributed by atoms with Crippen molar-refractivity contribution < 1.29 is 4.92 Å². The van der Waals surface area contributed by atoms with E-state index in [9.17, 15) is 14.9 Å². The van der Waals surface area contributed by atoms with Crippen molar-refractivity contribution in [3.05, 3.63) is 50.8 Å². The van der Waals surface area contributed by atoms with Gasteiger partial charge in [0.2, 0.25) is 0 Å². The third kappa shape index (κ3) is 1.77. The zero-order chi connectivity index (χ0) is 14.3. The minimum absolute atomic E-state index is 0.0642. The molecule has 2 heterocycles. The molecule has 0 amide bonds. The first-order valence-electron chi connectivity index (χ1n) is 5.55. The van der Waals surface area contributed by atoms with Crippen molar-refractivity contribution in [2.45, 2.75) is 0 Å². The molecule has 0 spiro atoms. The van der Waals surface area contributed by atoms with E-state index in [1.54, 1.807) is 0 Å². The largest absolute Gasteiger partial charge is 0.380 e. The average Bonchev–Trinajstić information content (AvgIpc) is 2.79. The number of nitro groups is 1. The first kappa shape index (κ1) is 11.8. The second-order valence-corrected chi connectivity index (χ2v) is 4.04. The molecule has 9 heteroatoms. The first-order chi connectivity index (χ1) is 9.56. The summed E-state index contributed by atoms with van der Waals surface area (Å²) in [6.07, 6.45) is 0. The monoisotopic (exact) mass is 272 g/mol. The Hall–Kier alpha value is -3.23. The molecule has 2 aromatic heterocycles. The average molecular weight is 272 g/mol. The summed E-state index contributed by atoms with van der Waals surface area (Å²) < 4.78 is 1.11. The van der Waals surface area contributed by atoms with Crippen molar-refractivity contribution in [1.82, 2.24) is 20.0 Å². The lowest BCUT2D eigenvalue weighted by molar-refractivity contribution is -0.384. The van der Waals surface area contributed by atoms with Crippen LogP contribution in [0.4, 0.5) is 11.5 Å². The molecule has 9 nitrogen and oxygen atoms in total. The summed E-state index contributed by atoms with van der Waals surface area (Å²) in [5.74, 6) is 0.177. The topological polar surface area (TPSA) is 133 Å². The molecular formula is C11H8N6O3. The van der Waals surface area contributed by atoms with Crippen LogP contribution in [0.15, 0.2) is 35.1 Å². The molecule has 0 saturated carbocycles. The number of hydrogen-bond acceptors (Lipinski definition) is 6. The van der Waals surface area contributed by atoms with Gasteiger partial charge in [0.15, 0.2) is 11.3 Å². The number of nitrogens with two attached hydrogens (primary N) is 1. The summed E-state index contributed by atoms with van der Waals surface area (Å²) in [6, 6.07) is 6.79. The molecule has 0 aliphatic heterocycles. The molecule has 3 rings (SSSR count). The fourth-order valence-corrected chi connectivity index (χ4v) is 1.80. The third-order valence-electron chi connectivity index (χ3n) is 2.78. The van der Waals surface area contributed by atoms with E-state index in [0.717, 1.165) is 4.68 Å². The predicted molar refractivity (Wildman–Crippen MR) is 70.6 cm³/mol. The van der Waals surface area contributed by atoms with Gasteiger partial charge in [-0.1, -0.05) is 0 Å². The highest BCUT2D eigenvalue weighted by atomic mass is 16.6. The maximum absolute atomic E-state index is 11.9. The fraction of sp³-hybridized carbons (Fsp3) is 0. The van der Waals surface area contributed by atoms with E-state index < -0.39 is 10.5 Å².